The molecule has 0 bridgehead atoms. The van der Waals surface area contributed by atoms with Crippen LogP contribution in [-0.2, 0) is 14.3 Å². The SMILES string of the molecule is COC(OC)C(=O)CC(=O)c1cc2cc(Br)ccc2o1. The molecule has 0 spiro atoms. The van der Waals surface area contributed by atoms with Crippen LogP contribution >= 0.6 is 15.9 Å². The van der Waals surface area contributed by atoms with Crippen molar-refractivity contribution in [3.8, 4) is 0 Å². The van der Waals surface area contributed by atoms with Crippen LogP contribution in [0.5, 0.6) is 0 Å². The van der Waals surface area contributed by atoms with Crippen molar-refractivity contribution in [1.82, 2.24) is 0 Å². The van der Waals surface area contributed by atoms with Gasteiger partial charge in [0, 0.05) is 24.1 Å². The molecule has 0 saturated carbocycles. The second-order valence-corrected chi connectivity index (χ2v) is 5.08. The first-order chi connectivity index (χ1) is 9.55. The minimum absolute atomic E-state index is 0.150. The highest BCUT2D eigenvalue weighted by molar-refractivity contribution is 9.10. The minimum Gasteiger partial charge on any atom is -0.453 e. The van der Waals surface area contributed by atoms with Crippen LogP contribution in [-0.4, -0.2) is 32.1 Å². The number of methoxy groups -OCH3 is 2. The maximum absolute atomic E-state index is 12.0. The van der Waals surface area contributed by atoms with Crippen molar-refractivity contribution in [2.45, 2.75) is 12.7 Å². The quantitative estimate of drug-likeness (QED) is 0.459. The molecule has 0 saturated heterocycles. The average molecular weight is 341 g/mol. The summed E-state index contributed by atoms with van der Waals surface area (Å²) in [5.74, 6) is -0.694. The van der Waals surface area contributed by atoms with Crippen molar-refractivity contribution in [3.63, 3.8) is 0 Å². The van der Waals surface area contributed by atoms with Gasteiger partial charge in [-0.05, 0) is 24.3 Å². The highest BCUT2D eigenvalue weighted by Gasteiger charge is 2.23. The van der Waals surface area contributed by atoms with Gasteiger partial charge in [-0.2, -0.15) is 0 Å². The summed E-state index contributed by atoms with van der Waals surface area (Å²) in [4.78, 5) is 23.7. The number of hydrogen-bond donors (Lipinski definition) is 0. The number of ketones is 2. The number of furan rings is 1. The van der Waals surface area contributed by atoms with Gasteiger partial charge in [-0.3, -0.25) is 9.59 Å². The van der Waals surface area contributed by atoms with E-state index in [4.69, 9.17) is 13.9 Å². The van der Waals surface area contributed by atoms with E-state index in [9.17, 15) is 9.59 Å². The Morgan fingerprint density at radius 2 is 1.95 bits per heavy atom. The second-order valence-electron chi connectivity index (χ2n) is 4.16. The van der Waals surface area contributed by atoms with Crippen LogP contribution < -0.4 is 0 Å². The number of ether oxygens (including phenoxy) is 2. The molecular formula is C14H13BrO5. The lowest BCUT2D eigenvalue weighted by atomic mass is 10.1. The fourth-order valence-corrected chi connectivity index (χ4v) is 2.22. The Morgan fingerprint density at radius 3 is 2.60 bits per heavy atom. The molecule has 2 rings (SSSR count). The highest BCUT2D eigenvalue weighted by Crippen LogP contribution is 2.24. The molecule has 1 heterocycles. The molecule has 1 aromatic heterocycles. The zero-order chi connectivity index (χ0) is 14.7. The second kappa shape index (κ2) is 6.30. The van der Waals surface area contributed by atoms with Crippen molar-refractivity contribution in [2.75, 3.05) is 14.2 Å². The van der Waals surface area contributed by atoms with Crippen LogP contribution in [0.25, 0.3) is 11.0 Å². The van der Waals surface area contributed by atoms with Crippen LogP contribution in [0.2, 0.25) is 0 Å². The third kappa shape index (κ3) is 3.15. The molecule has 106 valence electrons. The van der Waals surface area contributed by atoms with Crippen LogP contribution in [0, 0.1) is 0 Å². The van der Waals surface area contributed by atoms with Gasteiger partial charge in [0.05, 0.1) is 6.42 Å². The molecule has 0 N–H and O–H groups in total. The number of rotatable bonds is 6. The Labute approximate surface area is 124 Å². The molecular weight excluding hydrogens is 328 g/mol. The van der Waals surface area contributed by atoms with Gasteiger partial charge < -0.3 is 13.9 Å². The van der Waals surface area contributed by atoms with Crippen molar-refractivity contribution in [1.29, 1.82) is 0 Å². The van der Waals surface area contributed by atoms with Crippen molar-refractivity contribution >= 4 is 38.5 Å². The third-order valence-corrected chi connectivity index (χ3v) is 3.27. The average Bonchev–Trinajstić information content (AvgIpc) is 2.83. The monoisotopic (exact) mass is 340 g/mol. The molecule has 0 aliphatic carbocycles. The number of hydrogen-bond acceptors (Lipinski definition) is 5. The fraction of sp³-hybridized carbons (Fsp3) is 0.286. The topological polar surface area (TPSA) is 65.7 Å². The molecule has 0 aliphatic heterocycles. The largest absolute Gasteiger partial charge is 0.453 e. The maximum atomic E-state index is 12.0. The molecule has 0 unspecified atom stereocenters. The standard InChI is InChI=1S/C14H13BrO5/c1-18-14(19-2)11(17)7-10(16)13-6-8-5-9(15)3-4-12(8)20-13/h3-6,14H,7H2,1-2H3. The van der Waals surface area contributed by atoms with E-state index in [-0.39, 0.29) is 12.2 Å². The van der Waals surface area contributed by atoms with Gasteiger partial charge in [-0.15, -0.1) is 0 Å². The molecule has 0 radical (unpaired) electrons. The highest BCUT2D eigenvalue weighted by atomic mass is 79.9. The lowest BCUT2D eigenvalue weighted by molar-refractivity contribution is -0.155. The lowest BCUT2D eigenvalue weighted by Gasteiger charge is -2.10. The third-order valence-electron chi connectivity index (χ3n) is 2.78. The van der Waals surface area contributed by atoms with Gasteiger partial charge in [0.2, 0.25) is 12.1 Å². The van der Waals surface area contributed by atoms with Crippen LogP contribution in [0.4, 0.5) is 0 Å². The Morgan fingerprint density at radius 1 is 1.25 bits per heavy atom. The van der Waals surface area contributed by atoms with E-state index >= 15 is 0 Å². The summed E-state index contributed by atoms with van der Waals surface area (Å²) in [5, 5.41) is 0.796. The van der Waals surface area contributed by atoms with Gasteiger partial charge in [0.1, 0.15) is 5.58 Å². The van der Waals surface area contributed by atoms with E-state index in [1.165, 1.54) is 14.2 Å². The number of fused-ring (bicyclic) bond motifs is 1. The number of halogens is 1. The number of carbonyl (C=O) groups excluding carboxylic acids is 2. The zero-order valence-electron chi connectivity index (χ0n) is 11.0. The first kappa shape index (κ1) is 14.9. The summed E-state index contributed by atoms with van der Waals surface area (Å²) in [5.41, 5.74) is 0.596. The molecule has 20 heavy (non-hydrogen) atoms. The predicted molar refractivity (Wildman–Crippen MR) is 75.7 cm³/mol. The molecule has 1 aromatic carbocycles. The van der Waals surface area contributed by atoms with E-state index in [0.29, 0.717) is 5.58 Å². The maximum Gasteiger partial charge on any atom is 0.217 e. The normalized spacial score (nSPS) is 11.2. The number of carbonyl (C=O) groups is 2. The number of benzene rings is 1. The van der Waals surface area contributed by atoms with Gasteiger partial charge in [-0.25, -0.2) is 0 Å². The van der Waals surface area contributed by atoms with Crippen molar-refractivity contribution in [2.24, 2.45) is 0 Å². The smallest absolute Gasteiger partial charge is 0.217 e. The van der Waals surface area contributed by atoms with Gasteiger partial charge in [0.15, 0.2) is 11.5 Å². The van der Waals surface area contributed by atoms with Gasteiger partial charge in [0.25, 0.3) is 0 Å². The lowest BCUT2D eigenvalue weighted by Crippen LogP contribution is -2.26. The Balaban J connectivity index is 2.17. The Kier molecular flexibility index (Phi) is 4.69. The molecule has 6 heteroatoms. The molecule has 2 aromatic rings. The van der Waals surface area contributed by atoms with E-state index in [0.717, 1.165) is 9.86 Å². The van der Waals surface area contributed by atoms with E-state index in [2.05, 4.69) is 15.9 Å². The summed E-state index contributed by atoms with van der Waals surface area (Å²) in [6.07, 6.45) is -1.36. The summed E-state index contributed by atoms with van der Waals surface area (Å²) in [7, 11) is 2.69. The number of Topliss-reactive ketones (excluding diaryl/α,β-unsaturated/α-hetero) is 2. The molecule has 0 amide bonds. The first-order valence-corrected chi connectivity index (χ1v) is 6.65. The Bertz CT molecular complexity index is 642. The summed E-state index contributed by atoms with van der Waals surface area (Å²) < 4.78 is 15.9. The summed E-state index contributed by atoms with van der Waals surface area (Å²) in [6, 6.07) is 7.02. The molecule has 0 fully saturated rings. The molecule has 5 nitrogen and oxygen atoms in total. The van der Waals surface area contributed by atoms with Crippen LogP contribution in [0.15, 0.2) is 33.2 Å². The van der Waals surface area contributed by atoms with E-state index in [1.807, 2.05) is 12.1 Å². The first-order valence-electron chi connectivity index (χ1n) is 5.85. The van der Waals surface area contributed by atoms with Gasteiger partial charge >= 0.3 is 0 Å². The Hall–Kier alpha value is -1.50. The van der Waals surface area contributed by atoms with Gasteiger partial charge in [-0.1, -0.05) is 15.9 Å². The van der Waals surface area contributed by atoms with Crippen molar-refractivity contribution < 1.29 is 23.5 Å². The van der Waals surface area contributed by atoms with Crippen molar-refractivity contribution in [3.05, 3.63) is 34.5 Å². The summed E-state index contributed by atoms with van der Waals surface area (Å²) >= 11 is 3.34. The predicted octanol–water partition coefficient (Wildman–Crippen LogP) is 2.96. The molecule has 0 atom stereocenters. The van der Waals surface area contributed by atoms with Crippen LogP contribution in [0.1, 0.15) is 17.0 Å². The fourth-order valence-electron chi connectivity index (χ4n) is 1.84. The van der Waals surface area contributed by atoms with Crippen LogP contribution in [0.3, 0.4) is 0 Å². The molecule has 0 aliphatic rings. The minimum atomic E-state index is -1.03. The zero-order valence-corrected chi connectivity index (χ0v) is 12.6. The van der Waals surface area contributed by atoms with E-state index < -0.39 is 17.9 Å². The van der Waals surface area contributed by atoms with E-state index in [1.54, 1.807) is 12.1 Å². The summed E-state index contributed by atoms with van der Waals surface area (Å²) in [6.45, 7) is 0.